The summed E-state index contributed by atoms with van der Waals surface area (Å²) in [6, 6.07) is 8.88. The maximum Gasteiger partial charge on any atom is 0.0592 e. The van der Waals surface area contributed by atoms with Crippen molar-refractivity contribution in [1.82, 2.24) is 5.32 Å². The van der Waals surface area contributed by atoms with Crippen molar-refractivity contribution in [2.75, 3.05) is 13.1 Å². The summed E-state index contributed by atoms with van der Waals surface area (Å²) >= 11 is 0. The fraction of sp³-hybridized carbons (Fsp3) is 0.625. The normalized spacial score (nSPS) is 31.9. The van der Waals surface area contributed by atoms with Crippen molar-refractivity contribution in [1.29, 1.82) is 0 Å². The average Bonchev–Trinajstić information content (AvgIpc) is 2.42. The van der Waals surface area contributed by atoms with E-state index in [9.17, 15) is 5.11 Å². The van der Waals surface area contributed by atoms with Gasteiger partial charge in [0.15, 0.2) is 0 Å². The fourth-order valence-electron chi connectivity index (χ4n) is 3.61. The van der Waals surface area contributed by atoms with E-state index in [1.165, 1.54) is 24.8 Å². The molecule has 1 aromatic rings. The molecule has 2 aliphatic rings. The Hall–Kier alpha value is -0.860. The average molecular weight is 245 g/mol. The van der Waals surface area contributed by atoms with Gasteiger partial charge in [0, 0.05) is 6.54 Å². The maximum absolute atomic E-state index is 10.1. The van der Waals surface area contributed by atoms with Gasteiger partial charge in [-0.1, -0.05) is 24.3 Å². The van der Waals surface area contributed by atoms with Gasteiger partial charge in [-0.25, -0.2) is 0 Å². The van der Waals surface area contributed by atoms with E-state index in [1.54, 1.807) is 5.56 Å². The van der Waals surface area contributed by atoms with Crippen molar-refractivity contribution in [3.63, 3.8) is 0 Å². The van der Waals surface area contributed by atoms with Gasteiger partial charge in [0.05, 0.1) is 6.10 Å². The lowest BCUT2D eigenvalue weighted by Crippen LogP contribution is -2.40. The second kappa shape index (κ2) is 5.41. The van der Waals surface area contributed by atoms with Crippen LogP contribution >= 0.6 is 0 Å². The van der Waals surface area contributed by atoms with Crippen LogP contribution in [0, 0.1) is 5.92 Å². The first-order valence-electron chi connectivity index (χ1n) is 7.31. The van der Waals surface area contributed by atoms with E-state index in [1.807, 2.05) is 0 Å². The summed E-state index contributed by atoms with van der Waals surface area (Å²) in [5.74, 6) is 1.10. The third-order valence-corrected chi connectivity index (χ3v) is 4.65. The molecule has 0 saturated carbocycles. The van der Waals surface area contributed by atoms with Crippen LogP contribution in [0.25, 0.3) is 0 Å². The zero-order valence-corrected chi connectivity index (χ0v) is 10.9. The van der Waals surface area contributed by atoms with E-state index >= 15 is 0 Å². The molecule has 1 aliphatic carbocycles. The second-order valence-electron chi connectivity index (χ2n) is 5.84. The number of rotatable bonds is 2. The number of hydrogen-bond acceptors (Lipinski definition) is 2. The molecule has 0 spiro atoms. The Morgan fingerprint density at radius 2 is 2.11 bits per heavy atom. The largest absolute Gasteiger partial charge is 0.393 e. The summed E-state index contributed by atoms with van der Waals surface area (Å²) in [5.41, 5.74) is 3.08. The molecule has 0 aromatic heterocycles. The molecule has 98 valence electrons. The third kappa shape index (κ3) is 2.45. The SMILES string of the molecule is OC1CCNCC1CC1CCCc2ccccc21. The Labute approximate surface area is 109 Å². The van der Waals surface area contributed by atoms with Gasteiger partial charge in [-0.2, -0.15) is 0 Å². The third-order valence-electron chi connectivity index (χ3n) is 4.65. The van der Waals surface area contributed by atoms with Crippen LogP contribution in [-0.4, -0.2) is 24.3 Å². The highest BCUT2D eigenvalue weighted by Crippen LogP contribution is 2.37. The van der Waals surface area contributed by atoms with Crippen molar-refractivity contribution in [2.24, 2.45) is 5.92 Å². The number of hydrogen-bond donors (Lipinski definition) is 2. The summed E-state index contributed by atoms with van der Waals surface area (Å²) in [4.78, 5) is 0. The van der Waals surface area contributed by atoms with E-state index in [0.717, 1.165) is 25.9 Å². The molecule has 1 saturated heterocycles. The van der Waals surface area contributed by atoms with Gasteiger partial charge in [0.1, 0.15) is 0 Å². The smallest absolute Gasteiger partial charge is 0.0592 e. The van der Waals surface area contributed by atoms with Crippen LogP contribution in [0.2, 0.25) is 0 Å². The lowest BCUT2D eigenvalue weighted by Gasteiger charge is -2.33. The van der Waals surface area contributed by atoms with Crippen LogP contribution in [0.5, 0.6) is 0 Å². The van der Waals surface area contributed by atoms with Crippen molar-refractivity contribution < 1.29 is 5.11 Å². The lowest BCUT2D eigenvalue weighted by atomic mass is 9.76. The molecular formula is C16H23NO. The molecule has 3 unspecified atom stereocenters. The Kier molecular flexibility index (Phi) is 3.67. The summed E-state index contributed by atoms with van der Waals surface area (Å²) < 4.78 is 0. The molecule has 1 aliphatic heterocycles. The Bertz CT molecular complexity index is 404. The van der Waals surface area contributed by atoms with Gasteiger partial charge in [0.2, 0.25) is 0 Å². The minimum Gasteiger partial charge on any atom is -0.393 e. The number of aliphatic hydroxyl groups excluding tert-OH is 1. The highest BCUT2D eigenvalue weighted by Gasteiger charge is 2.28. The van der Waals surface area contributed by atoms with Crippen LogP contribution in [0.4, 0.5) is 0 Å². The second-order valence-corrected chi connectivity index (χ2v) is 5.84. The monoisotopic (exact) mass is 245 g/mol. The molecule has 3 atom stereocenters. The van der Waals surface area contributed by atoms with Gasteiger partial charge in [-0.05, 0) is 61.6 Å². The summed E-state index contributed by atoms with van der Waals surface area (Å²) in [6.07, 6.45) is 5.79. The van der Waals surface area contributed by atoms with Crippen LogP contribution in [-0.2, 0) is 6.42 Å². The number of benzene rings is 1. The Balaban J connectivity index is 1.73. The number of nitrogens with one attached hydrogen (secondary N) is 1. The lowest BCUT2D eigenvalue weighted by molar-refractivity contribution is 0.0695. The fourth-order valence-corrected chi connectivity index (χ4v) is 3.61. The van der Waals surface area contributed by atoms with E-state index < -0.39 is 0 Å². The van der Waals surface area contributed by atoms with Gasteiger partial charge >= 0.3 is 0 Å². The first kappa shape index (κ1) is 12.2. The topological polar surface area (TPSA) is 32.3 Å². The van der Waals surface area contributed by atoms with Crippen LogP contribution < -0.4 is 5.32 Å². The minimum absolute atomic E-state index is 0.0969. The molecule has 0 bridgehead atoms. The van der Waals surface area contributed by atoms with Crippen molar-refractivity contribution in [3.05, 3.63) is 35.4 Å². The quantitative estimate of drug-likeness (QED) is 0.839. The van der Waals surface area contributed by atoms with E-state index in [2.05, 4.69) is 29.6 Å². The molecule has 1 aromatic carbocycles. The summed E-state index contributed by atoms with van der Waals surface area (Å²) in [6.45, 7) is 1.96. The first-order chi connectivity index (χ1) is 8.84. The maximum atomic E-state index is 10.1. The van der Waals surface area contributed by atoms with Gasteiger partial charge in [-0.3, -0.25) is 0 Å². The molecule has 0 radical (unpaired) electrons. The van der Waals surface area contributed by atoms with Gasteiger partial charge in [0.25, 0.3) is 0 Å². The first-order valence-corrected chi connectivity index (χ1v) is 7.31. The predicted octanol–water partition coefficient (Wildman–Crippen LogP) is 2.47. The standard InChI is InChI=1S/C16H23NO/c18-16-8-9-17-11-14(16)10-13-6-3-5-12-4-1-2-7-15(12)13/h1-2,4,7,13-14,16-18H,3,5-6,8-11H2. The van der Waals surface area contributed by atoms with Gasteiger partial charge in [-0.15, -0.1) is 0 Å². The van der Waals surface area contributed by atoms with Crippen LogP contribution in [0.3, 0.4) is 0 Å². The van der Waals surface area contributed by atoms with Crippen molar-refractivity contribution >= 4 is 0 Å². The molecule has 18 heavy (non-hydrogen) atoms. The van der Waals surface area contributed by atoms with E-state index in [4.69, 9.17) is 0 Å². The van der Waals surface area contributed by atoms with E-state index in [-0.39, 0.29) is 6.10 Å². The van der Waals surface area contributed by atoms with Crippen LogP contribution in [0.15, 0.2) is 24.3 Å². The molecule has 2 nitrogen and oxygen atoms in total. The van der Waals surface area contributed by atoms with Crippen LogP contribution in [0.1, 0.15) is 42.7 Å². The van der Waals surface area contributed by atoms with Crippen molar-refractivity contribution in [2.45, 2.75) is 44.1 Å². The summed E-state index contributed by atoms with van der Waals surface area (Å²) in [5, 5.41) is 13.5. The Morgan fingerprint density at radius 3 is 3.00 bits per heavy atom. The summed E-state index contributed by atoms with van der Waals surface area (Å²) in [7, 11) is 0. The highest BCUT2D eigenvalue weighted by atomic mass is 16.3. The van der Waals surface area contributed by atoms with Gasteiger partial charge < -0.3 is 10.4 Å². The molecule has 3 rings (SSSR count). The Morgan fingerprint density at radius 1 is 1.22 bits per heavy atom. The highest BCUT2D eigenvalue weighted by molar-refractivity contribution is 5.32. The zero-order valence-electron chi connectivity index (χ0n) is 10.9. The number of piperidine rings is 1. The minimum atomic E-state index is -0.0969. The number of fused-ring (bicyclic) bond motifs is 1. The molecular weight excluding hydrogens is 222 g/mol. The predicted molar refractivity (Wildman–Crippen MR) is 73.7 cm³/mol. The molecule has 1 fully saturated rings. The molecule has 0 amide bonds. The molecule has 2 heteroatoms. The van der Waals surface area contributed by atoms with E-state index in [0.29, 0.717) is 11.8 Å². The number of aryl methyl sites for hydroxylation is 1. The molecule has 1 heterocycles. The number of aliphatic hydroxyl groups is 1. The zero-order chi connectivity index (χ0) is 12.4. The molecule has 2 N–H and O–H groups in total. The van der Waals surface area contributed by atoms with Crippen molar-refractivity contribution in [3.8, 4) is 0 Å².